The molecule has 0 aromatic heterocycles. The molecular formula is C15H14FO3. The summed E-state index contributed by atoms with van der Waals surface area (Å²) in [5, 5.41) is 11.3. The van der Waals surface area contributed by atoms with Crippen molar-refractivity contribution in [1.29, 1.82) is 0 Å². The van der Waals surface area contributed by atoms with Gasteiger partial charge >= 0.3 is 0 Å². The van der Waals surface area contributed by atoms with E-state index in [2.05, 4.69) is 0 Å². The van der Waals surface area contributed by atoms with Crippen LogP contribution < -0.4 is 9.47 Å². The van der Waals surface area contributed by atoms with Crippen molar-refractivity contribution in [3.05, 3.63) is 41.7 Å². The SMILES string of the molecule is COc1cccc(-c2cc(F)c([O])cc2C)c1OC. The molecule has 99 valence electrons. The lowest BCUT2D eigenvalue weighted by atomic mass is 9.99. The Balaban J connectivity index is 2.68. The molecule has 2 rings (SSSR count). The van der Waals surface area contributed by atoms with Gasteiger partial charge in [0.2, 0.25) is 5.75 Å². The quantitative estimate of drug-likeness (QED) is 0.838. The molecule has 0 unspecified atom stereocenters. The van der Waals surface area contributed by atoms with Gasteiger partial charge in [0.25, 0.3) is 0 Å². The first kappa shape index (κ1) is 13.2. The molecule has 0 heterocycles. The minimum absolute atomic E-state index is 0.520. The summed E-state index contributed by atoms with van der Waals surface area (Å²) in [5.74, 6) is -0.300. The average Bonchev–Trinajstić information content (AvgIpc) is 2.41. The van der Waals surface area contributed by atoms with Gasteiger partial charge in [-0.1, -0.05) is 12.1 Å². The van der Waals surface area contributed by atoms with E-state index >= 15 is 0 Å². The van der Waals surface area contributed by atoms with Crippen LogP contribution in [0, 0.1) is 12.7 Å². The van der Waals surface area contributed by atoms with Gasteiger partial charge in [-0.25, -0.2) is 4.39 Å². The number of hydrogen-bond donors (Lipinski definition) is 0. The number of halogens is 1. The van der Waals surface area contributed by atoms with E-state index in [1.54, 1.807) is 25.1 Å². The molecule has 3 nitrogen and oxygen atoms in total. The Kier molecular flexibility index (Phi) is 3.60. The second-order valence-electron chi connectivity index (χ2n) is 4.14. The Hall–Kier alpha value is -2.23. The van der Waals surface area contributed by atoms with Crippen molar-refractivity contribution in [2.75, 3.05) is 14.2 Å². The lowest BCUT2D eigenvalue weighted by molar-refractivity contribution is 0.329. The number of methoxy groups -OCH3 is 2. The molecule has 0 amide bonds. The Morgan fingerprint density at radius 2 is 1.79 bits per heavy atom. The van der Waals surface area contributed by atoms with Gasteiger partial charge in [-0.3, -0.25) is 5.11 Å². The summed E-state index contributed by atoms with van der Waals surface area (Å²) in [5.41, 5.74) is 2.00. The van der Waals surface area contributed by atoms with E-state index in [-0.39, 0.29) is 0 Å². The fourth-order valence-corrected chi connectivity index (χ4v) is 2.04. The molecule has 0 saturated heterocycles. The van der Waals surface area contributed by atoms with Crippen molar-refractivity contribution in [1.82, 2.24) is 0 Å². The number of aryl methyl sites for hydroxylation is 1. The summed E-state index contributed by atoms with van der Waals surface area (Å²) in [4.78, 5) is 0. The standard InChI is InChI=1S/C15H14FO3/c1-9-7-13(17)12(16)8-11(9)10-5-4-6-14(18-2)15(10)19-3/h4-8H,1-3H3. The van der Waals surface area contributed by atoms with Crippen molar-refractivity contribution >= 4 is 0 Å². The summed E-state index contributed by atoms with van der Waals surface area (Å²) in [7, 11) is 3.06. The molecule has 0 aliphatic heterocycles. The zero-order valence-electron chi connectivity index (χ0n) is 11.0. The van der Waals surface area contributed by atoms with Crippen LogP contribution in [0.15, 0.2) is 30.3 Å². The van der Waals surface area contributed by atoms with Crippen LogP contribution in [-0.4, -0.2) is 14.2 Å². The third-order valence-electron chi connectivity index (χ3n) is 2.97. The fraction of sp³-hybridized carbons (Fsp3) is 0.200. The van der Waals surface area contributed by atoms with Crippen LogP contribution in [0.5, 0.6) is 17.2 Å². The van der Waals surface area contributed by atoms with Crippen molar-refractivity contribution < 1.29 is 19.0 Å². The van der Waals surface area contributed by atoms with Crippen molar-refractivity contribution in [2.45, 2.75) is 6.92 Å². The van der Waals surface area contributed by atoms with E-state index in [1.165, 1.54) is 26.4 Å². The minimum atomic E-state index is -0.773. The first-order valence-corrected chi connectivity index (χ1v) is 5.77. The maximum atomic E-state index is 13.5. The van der Waals surface area contributed by atoms with Crippen molar-refractivity contribution in [3.8, 4) is 28.4 Å². The average molecular weight is 261 g/mol. The third kappa shape index (κ3) is 2.34. The van der Waals surface area contributed by atoms with Crippen LogP contribution in [0.1, 0.15) is 5.56 Å². The van der Waals surface area contributed by atoms with Gasteiger partial charge in [0.05, 0.1) is 14.2 Å². The first-order valence-electron chi connectivity index (χ1n) is 5.77. The fourth-order valence-electron chi connectivity index (χ4n) is 2.04. The van der Waals surface area contributed by atoms with Gasteiger partial charge in [0.15, 0.2) is 17.3 Å². The molecule has 0 fully saturated rings. The molecule has 0 aliphatic carbocycles. The maximum Gasteiger partial charge on any atom is 0.214 e. The van der Waals surface area contributed by atoms with E-state index in [9.17, 15) is 9.50 Å². The molecule has 4 heteroatoms. The Morgan fingerprint density at radius 3 is 2.42 bits per heavy atom. The predicted octanol–water partition coefficient (Wildman–Crippen LogP) is 3.96. The minimum Gasteiger partial charge on any atom is -0.493 e. The highest BCUT2D eigenvalue weighted by atomic mass is 19.1. The molecule has 1 radical (unpaired) electrons. The first-order chi connectivity index (χ1) is 9.08. The highest BCUT2D eigenvalue weighted by Gasteiger charge is 2.15. The van der Waals surface area contributed by atoms with E-state index in [0.717, 1.165) is 0 Å². The van der Waals surface area contributed by atoms with Gasteiger partial charge in [-0.05, 0) is 36.2 Å². The largest absolute Gasteiger partial charge is 0.493 e. The summed E-state index contributed by atoms with van der Waals surface area (Å²) >= 11 is 0. The maximum absolute atomic E-state index is 13.5. The van der Waals surface area contributed by atoms with Crippen molar-refractivity contribution in [3.63, 3.8) is 0 Å². The molecule has 0 aliphatic rings. The monoisotopic (exact) mass is 261 g/mol. The van der Waals surface area contributed by atoms with Crippen LogP contribution in [-0.2, 0) is 5.11 Å². The van der Waals surface area contributed by atoms with Gasteiger partial charge in [0.1, 0.15) is 0 Å². The molecule has 2 aromatic carbocycles. The second-order valence-corrected chi connectivity index (χ2v) is 4.14. The van der Waals surface area contributed by atoms with Gasteiger partial charge in [-0.15, -0.1) is 0 Å². The topological polar surface area (TPSA) is 38.4 Å². The number of hydrogen-bond acceptors (Lipinski definition) is 2. The normalized spacial score (nSPS) is 10.3. The lowest BCUT2D eigenvalue weighted by Gasteiger charge is -2.14. The Bertz CT molecular complexity index is 609. The zero-order valence-corrected chi connectivity index (χ0v) is 11.0. The third-order valence-corrected chi connectivity index (χ3v) is 2.97. The number of rotatable bonds is 3. The summed E-state index contributed by atoms with van der Waals surface area (Å²) in [6, 6.07) is 7.86. The Morgan fingerprint density at radius 1 is 1.05 bits per heavy atom. The lowest BCUT2D eigenvalue weighted by Crippen LogP contribution is -1.94. The predicted molar refractivity (Wildman–Crippen MR) is 69.8 cm³/mol. The van der Waals surface area contributed by atoms with Crippen LogP contribution in [0.2, 0.25) is 0 Å². The molecule has 0 N–H and O–H groups in total. The van der Waals surface area contributed by atoms with Crippen LogP contribution >= 0.6 is 0 Å². The molecule has 2 aromatic rings. The molecular weight excluding hydrogens is 247 g/mol. The highest BCUT2D eigenvalue weighted by molar-refractivity contribution is 5.76. The Labute approximate surface area is 111 Å². The van der Waals surface area contributed by atoms with Crippen LogP contribution in [0.4, 0.5) is 4.39 Å². The number of benzene rings is 2. The van der Waals surface area contributed by atoms with Crippen LogP contribution in [0.25, 0.3) is 11.1 Å². The van der Waals surface area contributed by atoms with E-state index in [0.29, 0.717) is 28.2 Å². The molecule has 0 bridgehead atoms. The van der Waals surface area contributed by atoms with Gasteiger partial charge < -0.3 is 9.47 Å². The molecule has 0 saturated carbocycles. The molecule has 0 atom stereocenters. The molecule has 0 spiro atoms. The van der Waals surface area contributed by atoms with E-state index in [1.807, 2.05) is 0 Å². The van der Waals surface area contributed by atoms with Gasteiger partial charge in [-0.2, -0.15) is 0 Å². The summed E-state index contributed by atoms with van der Waals surface area (Å²) < 4.78 is 24.0. The molecule has 19 heavy (non-hydrogen) atoms. The van der Waals surface area contributed by atoms with Gasteiger partial charge in [0, 0.05) is 5.56 Å². The second kappa shape index (κ2) is 5.18. The zero-order chi connectivity index (χ0) is 14.0. The van der Waals surface area contributed by atoms with Crippen LogP contribution in [0.3, 0.4) is 0 Å². The van der Waals surface area contributed by atoms with Crippen molar-refractivity contribution in [2.24, 2.45) is 0 Å². The smallest absolute Gasteiger partial charge is 0.214 e. The number of para-hydroxylation sites is 1. The summed E-state index contributed by atoms with van der Waals surface area (Å²) in [6.45, 7) is 1.76. The number of ether oxygens (including phenoxy) is 2. The van der Waals surface area contributed by atoms with E-state index in [4.69, 9.17) is 9.47 Å². The van der Waals surface area contributed by atoms with E-state index < -0.39 is 11.6 Å². The highest BCUT2D eigenvalue weighted by Crippen LogP contribution is 2.40. The summed E-state index contributed by atoms with van der Waals surface area (Å²) in [6.07, 6.45) is 0.